The summed E-state index contributed by atoms with van der Waals surface area (Å²) < 4.78 is 27.7. The second-order valence-corrected chi connectivity index (χ2v) is 8.99. The molecule has 0 aliphatic rings. The number of benzene rings is 1. The molecule has 0 fully saturated rings. The van der Waals surface area contributed by atoms with Gasteiger partial charge in [-0.2, -0.15) is 0 Å². The molecule has 0 atom stereocenters. The average Bonchev–Trinajstić information content (AvgIpc) is 2.24. The van der Waals surface area contributed by atoms with Gasteiger partial charge in [0.05, 0.1) is 4.90 Å². The number of ketones is 1. The Morgan fingerprint density at radius 2 is 1.71 bits per heavy atom. The third-order valence-corrected chi connectivity index (χ3v) is 4.63. The molecule has 1 aromatic carbocycles. The highest BCUT2D eigenvalue weighted by atomic mass is 32.2. The van der Waals surface area contributed by atoms with Gasteiger partial charge >= 0.3 is 0 Å². The maximum Gasteiger partial charge on any atom is 0.241 e. The fourth-order valence-corrected chi connectivity index (χ4v) is 4.12. The maximum atomic E-state index is 12.5. The van der Waals surface area contributed by atoms with Gasteiger partial charge in [0.2, 0.25) is 10.0 Å². The zero-order valence-corrected chi connectivity index (χ0v) is 14.5. The van der Waals surface area contributed by atoms with E-state index in [-0.39, 0.29) is 16.1 Å². The maximum absolute atomic E-state index is 12.5. The molecular weight excluding hydrogens is 286 g/mol. The van der Waals surface area contributed by atoms with Crippen molar-refractivity contribution in [1.29, 1.82) is 0 Å². The van der Waals surface area contributed by atoms with Crippen LogP contribution < -0.4 is 4.72 Å². The Morgan fingerprint density at radius 1 is 1.14 bits per heavy atom. The smallest absolute Gasteiger partial charge is 0.241 e. The first-order chi connectivity index (χ1) is 9.32. The Kier molecular flexibility index (Phi) is 5.01. The van der Waals surface area contributed by atoms with Gasteiger partial charge in [-0.05, 0) is 44.7 Å². The number of Topliss-reactive ketones (excluding diaryl/α,β-unsaturated/α-hetero) is 1. The van der Waals surface area contributed by atoms with E-state index < -0.39 is 15.6 Å². The van der Waals surface area contributed by atoms with Crippen LogP contribution in [0.3, 0.4) is 0 Å². The van der Waals surface area contributed by atoms with Crippen LogP contribution in [-0.4, -0.2) is 19.7 Å². The van der Waals surface area contributed by atoms with Crippen LogP contribution >= 0.6 is 0 Å². The zero-order chi connectivity index (χ0) is 16.5. The summed E-state index contributed by atoms with van der Waals surface area (Å²) in [4.78, 5) is 11.5. The lowest BCUT2D eigenvalue weighted by Gasteiger charge is -2.33. The fourth-order valence-electron chi connectivity index (χ4n) is 2.67. The fraction of sp³-hybridized carbons (Fsp3) is 0.562. The summed E-state index contributed by atoms with van der Waals surface area (Å²) in [6.45, 7) is 11.4. The molecule has 0 aromatic heterocycles. The van der Waals surface area contributed by atoms with E-state index in [1.165, 1.54) is 19.1 Å². The van der Waals surface area contributed by atoms with Crippen molar-refractivity contribution < 1.29 is 13.2 Å². The lowest BCUT2D eigenvalue weighted by Crippen LogP contribution is -2.45. The topological polar surface area (TPSA) is 63.2 Å². The van der Waals surface area contributed by atoms with Crippen LogP contribution in [0, 0.1) is 5.41 Å². The van der Waals surface area contributed by atoms with Crippen LogP contribution in [0.1, 0.15) is 58.3 Å². The lowest BCUT2D eigenvalue weighted by atomic mass is 9.82. The number of carbonyl (C=O) groups excluding carboxylic acids is 1. The average molecular weight is 311 g/mol. The summed E-state index contributed by atoms with van der Waals surface area (Å²) in [5, 5.41) is 0. The quantitative estimate of drug-likeness (QED) is 0.848. The van der Waals surface area contributed by atoms with Crippen molar-refractivity contribution in [3.05, 3.63) is 29.8 Å². The summed E-state index contributed by atoms with van der Waals surface area (Å²) in [6, 6.07) is 6.11. The first-order valence-electron chi connectivity index (χ1n) is 6.97. The van der Waals surface area contributed by atoms with Crippen molar-refractivity contribution in [2.24, 2.45) is 5.41 Å². The third kappa shape index (κ3) is 5.59. The molecule has 4 nitrogen and oxygen atoms in total. The third-order valence-electron chi connectivity index (χ3n) is 2.93. The summed E-state index contributed by atoms with van der Waals surface area (Å²) >= 11 is 0. The van der Waals surface area contributed by atoms with Crippen LogP contribution in [0.5, 0.6) is 0 Å². The molecule has 0 radical (unpaired) electrons. The molecule has 0 amide bonds. The molecule has 0 saturated carbocycles. The van der Waals surface area contributed by atoms with Gasteiger partial charge in [-0.25, -0.2) is 13.1 Å². The minimum absolute atomic E-state index is 0.00720. The molecule has 0 aliphatic carbocycles. The van der Waals surface area contributed by atoms with Gasteiger partial charge < -0.3 is 0 Å². The zero-order valence-electron chi connectivity index (χ0n) is 13.6. The molecule has 21 heavy (non-hydrogen) atoms. The molecule has 1 rings (SSSR count). The van der Waals surface area contributed by atoms with Crippen molar-refractivity contribution in [1.82, 2.24) is 4.72 Å². The van der Waals surface area contributed by atoms with Crippen LogP contribution in [-0.2, 0) is 10.0 Å². The van der Waals surface area contributed by atoms with E-state index >= 15 is 0 Å². The van der Waals surface area contributed by atoms with Crippen LogP contribution in [0.15, 0.2) is 29.2 Å². The Hall–Kier alpha value is -1.20. The molecule has 5 heteroatoms. The highest BCUT2D eigenvalue weighted by Crippen LogP contribution is 2.28. The monoisotopic (exact) mass is 311 g/mol. The number of sulfonamides is 1. The Bertz CT molecular complexity index is 625. The SMILES string of the molecule is CC(=O)c1cccc(S(=O)(=O)NC(C)(C)CC(C)(C)C)c1. The minimum atomic E-state index is -3.65. The normalized spacial score (nSPS) is 13.2. The molecule has 0 unspecified atom stereocenters. The van der Waals surface area contributed by atoms with Crippen molar-refractivity contribution in [3.63, 3.8) is 0 Å². The molecule has 0 aliphatic heterocycles. The number of rotatable bonds is 5. The summed E-state index contributed by atoms with van der Waals surface area (Å²) in [5.74, 6) is -0.152. The van der Waals surface area contributed by atoms with Gasteiger partial charge in [0, 0.05) is 11.1 Å². The minimum Gasteiger partial charge on any atom is -0.295 e. The van der Waals surface area contributed by atoms with Crippen molar-refractivity contribution >= 4 is 15.8 Å². The molecule has 118 valence electrons. The van der Waals surface area contributed by atoms with E-state index in [0.29, 0.717) is 12.0 Å². The summed E-state index contributed by atoms with van der Waals surface area (Å²) in [7, 11) is -3.65. The number of nitrogens with one attached hydrogen (secondary N) is 1. The summed E-state index contributed by atoms with van der Waals surface area (Å²) in [6.07, 6.45) is 0.700. The Labute approximate surface area is 128 Å². The molecule has 0 heterocycles. The van der Waals surface area contributed by atoms with Gasteiger partial charge in [-0.15, -0.1) is 0 Å². The first-order valence-corrected chi connectivity index (χ1v) is 8.46. The Balaban J connectivity index is 3.07. The van der Waals surface area contributed by atoms with Gasteiger partial charge in [0.25, 0.3) is 0 Å². The predicted octanol–water partition coefficient (Wildman–Crippen LogP) is 3.38. The van der Waals surface area contributed by atoms with E-state index in [0.717, 1.165) is 0 Å². The number of carbonyl (C=O) groups is 1. The number of hydrogen-bond acceptors (Lipinski definition) is 3. The van der Waals surface area contributed by atoms with Crippen molar-refractivity contribution in [3.8, 4) is 0 Å². The molecule has 0 spiro atoms. The lowest BCUT2D eigenvalue weighted by molar-refractivity contribution is 0.101. The van der Waals surface area contributed by atoms with Crippen molar-refractivity contribution in [2.45, 2.75) is 58.4 Å². The highest BCUT2D eigenvalue weighted by Gasteiger charge is 2.30. The highest BCUT2D eigenvalue weighted by molar-refractivity contribution is 7.89. The van der Waals surface area contributed by atoms with Crippen LogP contribution in [0.25, 0.3) is 0 Å². The van der Waals surface area contributed by atoms with E-state index in [9.17, 15) is 13.2 Å². The van der Waals surface area contributed by atoms with Crippen molar-refractivity contribution in [2.75, 3.05) is 0 Å². The van der Waals surface area contributed by atoms with Gasteiger partial charge in [0.1, 0.15) is 0 Å². The molecular formula is C16H25NO3S. The van der Waals surface area contributed by atoms with E-state index in [2.05, 4.69) is 25.5 Å². The molecule has 1 N–H and O–H groups in total. The predicted molar refractivity (Wildman–Crippen MR) is 84.9 cm³/mol. The van der Waals surface area contributed by atoms with Gasteiger partial charge in [0.15, 0.2) is 5.78 Å². The van der Waals surface area contributed by atoms with Crippen LogP contribution in [0.4, 0.5) is 0 Å². The standard InChI is InChI=1S/C16H25NO3S/c1-12(18)13-8-7-9-14(10-13)21(19,20)17-16(5,6)11-15(2,3)4/h7-10,17H,11H2,1-6H3. The van der Waals surface area contributed by atoms with Gasteiger partial charge in [-0.3, -0.25) is 4.79 Å². The second-order valence-electron chi connectivity index (χ2n) is 7.31. The molecule has 0 bridgehead atoms. The van der Waals surface area contributed by atoms with Gasteiger partial charge in [-0.1, -0.05) is 32.9 Å². The summed E-state index contributed by atoms with van der Waals surface area (Å²) in [5.41, 5.74) is -0.164. The molecule has 1 aromatic rings. The Morgan fingerprint density at radius 3 is 2.19 bits per heavy atom. The number of hydrogen-bond donors (Lipinski definition) is 1. The van der Waals surface area contributed by atoms with E-state index in [4.69, 9.17) is 0 Å². The second kappa shape index (κ2) is 5.89. The van der Waals surface area contributed by atoms with E-state index in [1.54, 1.807) is 12.1 Å². The van der Waals surface area contributed by atoms with Crippen LogP contribution in [0.2, 0.25) is 0 Å². The molecule has 0 saturated heterocycles. The van der Waals surface area contributed by atoms with E-state index in [1.807, 2.05) is 13.8 Å². The first kappa shape index (κ1) is 17.9. The largest absolute Gasteiger partial charge is 0.295 e.